The minimum Gasteiger partial charge on any atom is -0.459 e. The van der Waals surface area contributed by atoms with Crippen molar-refractivity contribution in [3.05, 3.63) is 84.3 Å². The van der Waals surface area contributed by atoms with Crippen molar-refractivity contribution in [2.45, 2.75) is 10.3 Å². The molecule has 3 aromatic rings. The third-order valence-electron chi connectivity index (χ3n) is 3.68. The maximum Gasteiger partial charge on any atom is 0.288 e. The largest absolute Gasteiger partial charge is 0.459 e. The van der Waals surface area contributed by atoms with Crippen LogP contribution < -0.4 is 5.32 Å². The number of amides is 1. The van der Waals surface area contributed by atoms with E-state index in [0.717, 1.165) is 21.9 Å². The van der Waals surface area contributed by atoms with E-state index in [9.17, 15) is 4.79 Å². The molecule has 5 heteroatoms. The summed E-state index contributed by atoms with van der Waals surface area (Å²) in [4.78, 5) is 18.2. The lowest BCUT2D eigenvalue weighted by molar-refractivity contribution is 0.0928. The molecule has 0 fully saturated rings. The molecule has 1 atom stereocenters. The van der Waals surface area contributed by atoms with E-state index in [1.807, 2.05) is 54.6 Å². The zero-order chi connectivity index (χ0) is 16.4. The Bertz CT molecular complexity index is 889. The van der Waals surface area contributed by atoms with Gasteiger partial charge in [-0.1, -0.05) is 54.2 Å². The number of carbonyl (C=O) groups excluding carboxylic acids is 1. The van der Waals surface area contributed by atoms with Crippen molar-refractivity contribution >= 4 is 29.1 Å². The SMILES string of the molecule is O=C(NC1Sc2ccccc2N=C1c1ccccc1)c1ccco1. The smallest absolute Gasteiger partial charge is 0.288 e. The highest BCUT2D eigenvalue weighted by Crippen LogP contribution is 2.38. The van der Waals surface area contributed by atoms with Crippen molar-refractivity contribution in [2.24, 2.45) is 4.99 Å². The van der Waals surface area contributed by atoms with Crippen molar-refractivity contribution < 1.29 is 9.21 Å². The van der Waals surface area contributed by atoms with Gasteiger partial charge in [0.1, 0.15) is 5.37 Å². The molecule has 1 aromatic heterocycles. The summed E-state index contributed by atoms with van der Waals surface area (Å²) in [5, 5.41) is 2.73. The minimum absolute atomic E-state index is 0.250. The monoisotopic (exact) mass is 334 g/mol. The van der Waals surface area contributed by atoms with Crippen molar-refractivity contribution in [3.8, 4) is 0 Å². The van der Waals surface area contributed by atoms with Crippen molar-refractivity contribution in [2.75, 3.05) is 0 Å². The Labute approximate surface area is 143 Å². The first-order valence-electron chi connectivity index (χ1n) is 7.55. The number of furan rings is 1. The quantitative estimate of drug-likeness (QED) is 0.778. The number of rotatable bonds is 3. The van der Waals surface area contributed by atoms with E-state index in [2.05, 4.69) is 5.32 Å². The van der Waals surface area contributed by atoms with Crippen molar-refractivity contribution in [1.82, 2.24) is 5.32 Å². The summed E-state index contributed by atoms with van der Waals surface area (Å²) in [7, 11) is 0. The number of aliphatic imine (C=N–C) groups is 1. The third-order valence-corrected chi connectivity index (χ3v) is 4.85. The van der Waals surface area contributed by atoms with Crippen LogP contribution in [0, 0.1) is 0 Å². The molecule has 4 nitrogen and oxygen atoms in total. The lowest BCUT2D eigenvalue weighted by atomic mass is 10.1. The van der Waals surface area contributed by atoms with Gasteiger partial charge in [0.2, 0.25) is 0 Å². The predicted octanol–water partition coefficient (Wildman–Crippen LogP) is 4.26. The van der Waals surface area contributed by atoms with Gasteiger partial charge in [0.25, 0.3) is 5.91 Å². The van der Waals surface area contributed by atoms with Crippen LogP contribution in [0.2, 0.25) is 0 Å². The standard InChI is InChI=1S/C19H14N2O2S/c22-18(15-10-6-12-23-15)21-19-17(13-7-2-1-3-8-13)20-14-9-4-5-11-16(14)24-19/h1-12,19H,(H,21,22). The first-order chi connectivity index (χ1) is 11.8. The number of nitrogens with one attached hydrogen (secondary N) is 1. The Hall–Kier alpha value is -2.79. The highest BCUT2D eigenvalue weighted by molar-refractivity contribution is 8.00. The number of carbonyl (C=O) groups is 1. The highest BCUT2D eigenvalue weighted by atomic mass is 32.2. The topological polar surface area (TPSA) is 54.6 Å². The molecule has 0 bridgehead atoms. The molecule has 0 spiro atoms. The Morgan fingerprint density at radius 1 is 1.00 bits per heavy atom. The number of thioether (sulfide) groups is 1. The number of nitrogens with zero attached hydrogens (tertiary/aromatic N) is 1. The fourth-order valence-electron chi connectivity index (χ4n) is 2.54. The van der Waals surface area contributed by atoms with Crippen LogP contribution >= 0.6 is 11.8 Å². The molecule has 0 saturated heterocycles. The predicted molar refractivity (Wildman–Crippen MR) is 94.9 cm³/mol. The van der Waals surface area contributed by atoms with Crippen LogP contribution in [0.15, 0.2) is 87.3 Å². The van der Waals surface area contributed by atoms with Crippen LogP contribution in [-0.2, 0) is 0 Å². The highest BCUT2D eigenvalue weighted by Gasteiger charge is 2.27. The lowest BCUT2D eigenvalue weighted by Crippen LogP contribution is -2.39. The van der Waals surface area contributed by atoms with Gasteiger partial charge in [0.05, 0.1) is 17.7 Å². The van der Waals surface area contributed by atoms with Crippen molar-refractivity contribution in [1.29, 1.82) is 0 Å². The molecule has 118 valence electrons. The molecule has 0 saturated carbocycles. The maximum atomic E-state index is 12.4. The fourth-order valence-corrected chi connectivity index (χ4v) is 3.65. The van der Waals surface area contributed by atoms with Crippen molar-refractivity contribution in [3.63, 3.8) is 0 Å². The van der Waals surface area contributed by atoms with Gasteiger partial charge in [-0.2, -0.15) is 0 Å². The number of fused-ring (bicyclic) bond motifs is 1. The minimum atomic E-state index is -0.278. The average molecular weight is 334 g/mol. The van der Waals surface area contributed by atoms with Crippen LogP contribution in [-0.4, -0.2) is 17.0 Å². The van der Waals surface area contributed by atoms with E-state index in [0.29, 0.717) is 5.76 Å². The van der Waals surface area contributed by atoms with Gasteiger partial charge in [0.15, 0.2) is 5.76 Å². The van der Waals surface area contributed by atoms with Gasteiger partial charge in [-0.05, 0) is 29.8 Å². The van der Waals surface area contributed by atoms with Crippen LogP contribution in [0.4, 0.5) is 5.69 Å². The lowest BCUT2D eigenvalue weighted by Gasteiger charge is -2.25. The summed E-state index contributed by atoms with van der Waals surface area (Å²) in [6.45, 7) is 0. The Kier molecular flexibility index (Phi) is 3.92. The number of para-hydroxylation sites is 1. The van der Waals surface area contributed by atoms with E-state index < -0.39 is 0 Å². The first-order valence-corrected chi connectivity index (χ1v) is 8.43. The van der Waals surface area contributed by atoms with E-state index in [1.165, 1.54) is 6.26 Å². The van der Waals surface area contributed by atoms with Crippen LogP contribution in [0.25, 0.3) is 0 Å². The molecular weight excluding hydrogens is 320 g/mol. The van der Waals surface area contributed by atoms with Crippen LogP contribution in [0.5, 0.6) is 0 Å². The second-order valence-electron chi connectivity index (χ2n) is 5.28. The zero-order valence-electron chi connectivity index (χ0n) is 12.7. The third kappa shape index (κ3) is 2.86. The second-order valence-corrected chi connectivity index (χ2v) is 6.43. The van der Waals surface area contributed by atoms with E-state index in [-0.39, 0.29) is 11.3 Å². The molecule has 1 N–H and O–H groups in total. The van der Waals surface area contributed by atoms with Gasteiger partial charge >= 0.3 is 0 Å². The van der Waals surface area contributed by atoms with Gasteiger partial charge in [-0.3, -0.25) is 4.79 Å². The van der Waals surface area contributed by atoms with Gasteiger partial charge in [-0.15, -0.1) is 0 Å². The molecule has 0 aliphatic carbocycles. The molecule has 1 aliphatic rings. The molecule has 1 unspecified atom stereocenters. The molecular formula is C19H14N2O2S. The van der Waals surface area contributed by atoms with Crippen LogP contribution in [0.1, 0.15) is 16.1 Å². The first kappa shape index (κ1) is 14.8. The van der Waals surface area contributed by atoms with Crippen LogP contribution in [0.3, 0.4) is 0 Å². The van der Waals surface area contributed by atoms with Gasteiger partial charge < -0.3 is 9.73 Å². The van der Waals surface area contributed by atoms with Gasteiger partial charge in [0, 0.05) is 4.90 Å². The molecule has 0 radical (unpaired) electrons. The molecule has 2 heterocycles. The molecule has 24 heavy (non-hydrogen) atoms. The Balaban J connectivity index is 1.71. The summed E-state index contributed by atoms with van der Waals surface area (Å²) in [6.07, 6.45) is 1.49. The second kappa shape index (κ2) is 6.37. The summed E-state index contributed by atoms with van der Waals surface area (Å²) in [6, 6.07) is 21.2. The normalized spacial score (nSPS) is 16.2. The van der Waals surface area contributed by atoms with E-state index in [4.69, 9.17) is 9.41 Å². The Morgan fingerprint density at radius 3 is 2.58 bits per heavy atom. The molecule has 4 rings (SSSR count). The molecule has 1 amide bonds. The average Bonchev–Trinajstić information content (AvgIpc) is 3.17. The molecule has 2 aromatic carbocycles. The summed E-state index contributed by atoms with van der Waals surface area (Å²) in [5.74, 6) is 0.0439. The number of benzene rings is 2. The zero-order valence-corrected chi connectivity index (χ0v) is 13.5. The number of hydrogen-bond donors (Lipinski definition) is 1. The van der Waals surface area contributed by atoms with E-state index in [1.54, 1.807) is 23.9 Å². The summed E-state index contributed by atoms with van der Waals surface area (Å²) >= 11 is 1.58. The van der Waals surface area contributed by atoms with Gasteiger partial charge in [-0.25, -0.2) is 4.99 Å². The summed E-state index contributed by atoms with van der Waals surface area (Å²) < 4.78 is 5.19. The molecule has 1 aliphatic heterocycles. The summed E-state index contributed by atoms with van der Waals surface area (Å²) in [5.41, 5.74) is 2.74. The fraction of sp³-hybridized carbons (Fsp3) is 0.0526. The van der Waals surface area contributed by atoms with E-state index >= 15 is 0 Å². The maximum absolute atomic E-state index is 12.4. The number of hydrogen-bond acceptors (Lipinski definition) is 4. The Morgan fingerprint density at radius 2 is 1.79 bits per heavy atom.